The van der Waals surface area contributed by atoms with Crippen LogP contribution in [0.4, 0.5) is 5.69 Å². The summed E-state index contributed by atoms with van der Waals surface area (Å²) in [4.78, 5) is 23.9. The van der Waals surface area contributed by atoms with Crippen molar-refractivity contribution in [1.82, 2.24) is 0 Å². The molecule has 1 aromatic carbocycles. The molecule has 23 heavy (non-hydrogen) atoms. The first-order chi connectivity index (χ1) is 11.0. The van der Waals surface area contributed by atoms with Crippen LogP contribution < -0.4 is 5.32 Å². The highest BCUT2D eigenvalue weighted by molar-refractivity contribution is 5.96. The second kappa shape index (κ2) is 6.28. The minimum absolute atomic E-state index is 0.320. The summed E-state index contributed by atoms with van der Waals surface area (Å²) in [5, 5.41) is 2.76. The van der Waals surface area contributed by atoms with Crippen LogP contribution in [0.25, 0.3) is 0 Å². The number of carbonyl (C=O) groups is 2. The standard InChI is InChI=1S/C18H19NO4/c1-11-8-16(12(2)23-11)18(21)22-10-17(20)19-15-7-6-13-4-3-5-14(13)9-15/h6-9H,3-5,10H2,1-2H3,(H,19,20). The van der Waals surface area contributed by atoms with Crippen molar-refractivity contribution in [3.63, 3.8) is 0 Å². The number of hydrogen-bond donors (Lipinski definition) is 1. The van der Waals surface area contributed by atoms with Crippen molar-refractivity contribution >= 4 is 17.6 Å². The van der Waals surface area contributed by atoms with Crippen molar-refractivity contribution in [2.45, 2.75) is 33.1 Å². The number of furan rings is 1. The molecule has 0 unspecified atom stereocenters. The second-order valence-corrected chi connectivity index (χ2v) is 5.79. The fraction of sp³-hybridized carbons (Fsp3) is 0.333. The van der Waals surface area contributed by atoms with E-state index >= 15 is 0 Å². The van der Waals surface area contributed by atoms with E-state index in [9.17, 15) is 9.59 Å². The van der Waals surface area contributed by atoms with Crippen LogP contribution in [0.5, 0.6) is 0 Å². The van der Waals surface area contributed by atoms with Gasteiger partial charge in [-0.25, -0.2) is 4.79 Å². The van der Waals surface area contributed by atoms with Gasteiger partial charge in [0.15, 0.2) is 6.61 Å². The number of esters is 1. The van der Waals surface area contributed by atoms with Crippen LogP contribution in [0.1, 0.15) is 39.4 Å². The minimum atomic E-state index is -0.552. The van der Waals surface area contributed by atoms with Gasteiger partial charge in [0.05, 0.1) is 0 Å². The van der Waals surface area contributed by atoms with E-state index in [4.69, 9.17) is 9.15 Å². The number of rotatable bonds is 4. The Labute approximate surface area is 134 Å². The molecule has 0 saturated carbocycles. The zero-order valence-electron chi connectivity index (χ0n) is 13.3. The first-order valence-corrected chi connectivity index (χ1v) is 7.69. The van der Waals surface area contributed by atoms with Gasteiger partial charge in [0, 0.05) is 5.69 Å². The molecule has 1 amide bonds. The maximum atomic E-state index is 11.9. The number of ether oxygens (including phenoxy) is 1. The number of carbonyl (C=O) groups excluding carboxylic acids is 2. The number of fused-ring (bicyclic) bond motifs is 1. The van der Waals surface area contributed by atoms with Crippen molar-refractivity contribution in [1.29, 1.82) is 0 Å². The van der Waals surface area contributed by atoms with Gasteiger partial charge in [0.2, 0.25) is 0 Å². The normalized spacial score (nSPS) is 12.8. The van der Waals surface area contributed by atoms with E-state index < -0.39 is 5.97 Å². The highest BCUT2D eigenvalue weighted by Gasteiger charge is 2.17. The summed E-state index contributed by atoms with van der Waals surface area (Å²) in [7, 11) is 0. The predicted octanol–water partition coefficient (Wildman–Crippen LogP) is 3.18. The van der Waals surface area contributed by atoms with Gasteiger partial charge >= 0.3 is 5.97 Å². The third-order valence-corrected chi connectivity index (χ3v) is 3.98. The first-order valence-electron chi connectivity index (χ1n) is 7.69. The topological polar surface area (TPSA) is 68.5 Å². The Morgan fingerprint density at radius 1 is 1.17 bits per heavy atom. The zero-order chi connectivity index (χ0) is 16.4. The average molecular weight is 313 g/mol. The molecule has 1 aliphatic carbocycles. The Hall–Kier alpha value is -2.56. The van der Waals surface area contributed by atoms with Gasteiger partial charge in [0.25, 0.3) is 5.91 Å². The molecule has 0 atom stereocenters. The summed E-state index contributed by atoms with van der Waals surface area (Å²) in [6.07, 6.45) is 3.31. The number of nitrogens with one attached hydrogen (secondary N) is 1. The van der Waals surface area contributed by atoms with Gasteiger partial charge in [-0.1, -0.05) is 6.07 Å². The number of amides is 1. The second-order valence-electron chi connectivity index (χ2n) is 5.79. The van der Waals surface area contributed by atoms with E-state index in [1.54, 1.807) is 19.9 Å². The molecule has 0 saturated heterocycles. The van der Waals surface area contributed by atoms with Crippen molar-refractivity contribution in [2.75, 3.05) is 11.9 Å². The minimum Gasteiger partial charge on any atom is -0.466 e. The van der Waals surface area contributed by atoms with Gasteiger partial charge < -0.3 is 14.5 Å². The number of aryl methyl sites for hydroxylation is 4. The Balaban J connectivity index is 1.55. The third-order valence-electron chi connectivity index (χ3n) is 3.98. The van der Waals surface area contributed by atoms with E-state index in [-0.39, 0.29) is 12.5 Å². The molecule has 5 nitrogen and oxygen atoms in total. The molecule has 5 heteroatoms. The highest BCUT2D eigenvalue weighted by Crippen LogP contribution is 2.24. The SMILES string of the molecule is Cc1cc(C(=O)OCC(=O)Nc2ccc3c(c2)CCC3)c(C)o1. The summed E-state index contributed by atoms with van der Waals surface area (Å²) in [5.41, 5.74) is 3.72. The quantitative estimate of drug-likeness (QED) is 0.880. The fourth-order valence-electron chi connectivity index (χ4n) is 2.89. The molecule has 0 spiro atoms. The zero-order valence-corrected chi connectivity index (χ0v) is 13.3. The molecule has 0 bridgehead atoms. The lowest BCUT2D eigenvalue weighted by Gasteiger charge is -2.08. The molecule has 1 heterocycles. The molecule has 1 aliphatic rings. The van der Waals surface area contributed by atoms with Gasteiger partial charge in [0.1, 0.15) is 17.1 Å². The molecule has 0 aliphatic heterocycles. The van der Waals surface area contributed by atoms with Crippen LogP contribution in [-0.4, -0.2) is 18.5 Å². The molecular weight excluding hydrogens is 294 g/mol. The maximum absolute atomic E-state index is 11.9. The van der Waals surface area contributed by atoms with E-state index in [0.717, 1.165) is 24.9 Å². The van der Waals surface area contributed by atoms with Crippen LogP contribution in [0.15, 0.2) is 28.7 Å². The van der Waals surface area contributed by atoms with E-state index in [1.165, 1.54) is 11.1 Å². The van der Waals surface area contributed by atoms with Gasteiger partial charge in [-0.15, -0.1) is 0 Å². The Morgan fingerprint density at radius 3 is 2.70 bits per heavy atom. The van der Waals surface area contributed by atoms with Gasteiger partial charge in [-0.3, -0.25) is 4.79 Å². The summed E-state index contributed by atoms with van der Waals surface area (Å²) in [6, 6.07) is 7.52. The molecule has 0 radical (unpaired) electrons. The summed E-state index contributed by atoms with van der Waals surface area (Å²) >= 11 is 0. The van der Waals surface area contributed by atoms with Crippen LogP contribution in [-0.2, 0) is 22.4 Å². The van der Waals surface area contributed by atoms with Crippen molar-refractivity contribution in [3.8, 4) is 0 Å². The van der Waals surface area contributed by atoms with Crippen LogP contribution in [0.3, 0.4) is 0 Å². The molecule has 2 aromatic rings. The third kappa shape index (κ3) is 3.44. The lowest BCUT2D eigenvalue weighted by Crippen LogP contribution is -2.21. The van der Waals surface area contributed by atoms with Crippen molar-refractivity contribution < 1.29 is 18.7 Å². The number of hydrogen-bond acceptors (Lipinski definition) is 4. The predicted molar refractivity (Wildman–Crippen MR) is 85.6 cm³/mol. The van der Waals surface area contributed by atoms with Crippen molar-refractivity contribution in [2.24, 2.45) is 0 Å². The Kier molecular flexibility index (Phi) is 4.19. The Bertz CT molecular complexity index is 760. The molecule has 1 N–H and O–H groups in total. The first kappa shape index (κ1) is 15.3. The van der Waals surface area contributed by atoms with E-state index in [2.05, 4.69) is 5.32 Å². The molecule has 0 fully saturated rings. The lowest BCUT2D eigenvalue weighted by molar-refractivity contribution is -0.119. The van der Waals surface area contributed by atoms with Gasteiger partial charge in [-0.05, 0) is 62.4 Å². The lowest BCUT2D eigenvalue weighted by atomic mass is 10.1. The average Bonchev–Trinajstić information content (AvgIpc) is 3.10. The highest BCUT2D eigenvalue weighted by atomic mass is 16.5. The monoisotopic (exact) mass is 313 g/mol. The number of benzene rings is 1. The molecule has 3 rings (SSSR count). The van der Waals surface area contributed by atoms with Crippen LogP contribution in [0, 0.1) is 13.8 Å². The fourth-order valence-corrected chi connectivity index (χ4v) is 2.89. The molecule has 1 aromatic heterocycles. The summed E-state index contributed by atoms with van der Waals surface area (Å²) in [5.74, 6) is 0.223. The Morgan fingerprint density at radius 2 is 1.96 bits per heavy atom. The number of anilines is 1. The largest absolute Gasteiger partial charge is 0.466 e. The summed E-state index contributed by atoms with van der Waals surface area (Å²) < 4.78 is 10.3. The van der Waals surface area contributed by atoms with Crippen LogP contribution >= 0.6 is 0 Å². The smallest absolute Gasteiger partial charge is 0.342 e. The van der Waals surface area contributed by atoms with Gasteiger partial charge in [-0.2, -0.15) is 0 Å². The summed E-state index contributed by atoms with van der Waals surface area (Å²) in [6.45, 7) is 3.12. The molecule has 120 valence electrons. The van der Waals surface area contributed by atoms with E-state index in [1.807, 2.05) is 18.2 Å². The molecular formula is C18H19NO4. The van der Waals surface area contributed by atoms with Crippen molar-refractivity contribution in [3.05, 3.63) is 52.5 Å². The van der Waals surface area contributed by atoms with Crippen LogP contribution in [0.2, 0.25) is 0 Å². The maximum Gasteiger partial charge on any atom is 0.342 e. The van der Waals surface area contributed by atoms with E-state index in [0.29, 0.717) is 17.1 Å².